The second-order valence-electron chi connectivity index (χ2n) is 5.13. The van der Waals surface area contributed by atoms with E-state index in [2.05, 4.69) is 10.3 Å². The van der Waals surface area contributed by atoms with Gasteiger partial charge >= 0.3 is 0 Å². The summed E-state index contributed by atoms with van der Waals surface area (Å²) in [5.74, 6) is -0.148. The number of anilines is 3. The van der Waals surface area contributed by atoms with Gasteiger partial charge in [0.2, 0.25) is 0 Å². The third kappa shape index (κ3) is 2.87. The second-order valence-corrected chi connectivity index (χ2v) is 6.20. The number of fused-ring (bicyclic) bond motifs is 1. The molecule has 1 aromatic heterocycles. The zero-order valence-electron chi connectivity index (χ0n) is 12.3. The Morgan fingerprint density at radius 3 is 2.82 bits per heavy atom. The SMILES string of the molecule is CN(C)c1cccc(NC(=O)c2ccc3nc(N)sc3c2)c1. The number of nitrogen functional groups attached to an aromatic ring is 1. The van der Waals surface area contributed by atoms with Gasteiger partial charge in [-0.15, -0.1) is 0 Å². The third-order valence-corrected chi connectivity index (χ3v) is 4.13. The van der Waals surface area contributed by atoms with Crippen LogP contribution < -0.4 is 16.0 Å². The molecule has 0 aliphatic carbocycles. The maximum atomic E-state index is 12.4. The lowest BCUT2D eigenvalue weighted by molar-refractivity contribution is 0.102. The number of hydrogen-bond donors (Lipinski definition) is 2. The van der Waals surface area contributed by atoms with Crippen LogP contribution in [0, 0.1) is 0 Å². The summed E-state index contributed by atoms with van der Waals surface area (Å²) in [6.07, 6.45) is 0. The fourth-order valence-corrected chi connectivity index (χ4v) is 2.92. The zero-order chi connectivity index (χ0) is 15.7. The number of nitrogens with zero attached hydrogens (tertiary/aromatic N) is 2. The summed E-state index contributed by atoms with van der Waals surface area (Å²) in [5, 5.41) is 3.42. The van der Waals surface area contributed by atoms with E-state index in [4.69, 9.17) is 5.73 Å². The van der Waals surface area contributed by atoms with Crippen LogP contribution in [0.25, 0.3) is 10.2 Å². The van der Waals surface area contributed by atoms with Gasteiger partial charge in [0.25, 0.3) is 5.91 Å². The molecule has 0 aliphatic heterocycles. The maximum Gasteiger partial charge on any atom is 0.255 e. The molecule has 3 rings (SSSR count). The molecule has 0 unspecified atom stereocenters. The number of nitrogens with two attached hydrogens (primary N) is 1. The van der Waals surface area contributed by atoms with E-state index >= 15 is 0 Å². The van der Waals surface area contributed by atoms with Crippen LogP contribution in [-0.4, -0.2) is 25.0 Å². The monoisotopic (exact) mass is 312 g/mol. The Hall–Kier alpha value is -2.60. The molecule has 0 saturated carbocycles. The molecule has 0 fully saturated rings. The van der Waals surface area contributed by atoms with Gasteiger partial charge in [-0.05, 0) is 36.4 Å². The number of carbonyl (C=O) groups is 1. The summed E-state index contributed by atoms with van der Waals surface area (Å²) < 4.78 is 0.909. The maximum absolute atomic E-state index is 12.4. The quantitative estimate of drug-likeness (QED) is 0.779. The summed E-state index contributed by atoms with van der Waals surface area (Å²) in [5.41, 5.74) is 8.89. The number of benzene rings is 2. The van der Waals surface area contributed by atoms with Gasteiger partial charge in [-0.1, -0.05) is 17.4 Å². The van der Waals surface area contributed by atoms with Gasteiger partial charge in [-0.2, -0.15) is 0 Å². The van der Waals surface area contributed by atoms with Crippen LogP contribution in [0.3, 0.4) is 0 Å². The first-order valence-electron chi connectivity index (χ1n) is 6.78. The van der Waals surface area contributed by atoms with E-state index in [1.54, 1.807) is 6.07 Å². The minimum absolute atomic E-state index is 0.148. The van der Waals surface area contributed by atoms with E-state index in [-0.39, 0.29) is 5.91 Å². The molecule has 112 valence electrons. The Bertz CT molecular complexity index is 841. The van der Waals surface area contributed by atoms with E-state index in [1.165, 1.54) is 11.3 Å². The van der Waals surface area contributed by atoms with Crippen LogP contribution in [0.4, 0.5) is 16.5 Å². The van der Waals surface area contributed by atoms with E-state index in [9.17, 15) is 4.79 Å². The van der Waals surface area contributed by atoms with Crippen LogP contribution >= 0.6 is 11.3 Å². The number of thiazole rings is 1. The van der Waals surface area contributed by atoms with Crippen LogP contribution in [0.2, 0.25) is 0 Å². The van der Waals surface area contributed by atoms with Gasteiger partial charge in [0, 0.05) is 31.0 Å². The van der Waals surface area contributed by atoms with Crippen molar-refractivity contribution in [1.82, 2.24) is 4.98 Å². The molecule has 0 saturated heterocycles. The molecule has 5 nitrogen and oxygen atoms in total. The highest BCUT2D eigenvalue weighted by atomic mass is 32.1. The molecule has 0 aliphatic rings. The number of carbonyl (C=O) groups excluding carboxylic acids is 1. The average molecular weight is 312 g/mol. The van der Waals surface area contributed by atoms with Gasteiger partial charge in [0.15, 0.2) is 5.13 Å². The lowest BCUT2D eigenvalue weighted by Gasteiger charge is -2.14. The lowest BCUT2D eigenvalue weighted by Crippen LogP contribution is -2.13. The minimum Gasteiger partial charge on any atom is -0.378 e. The van der Waals surface area contributed by atoms with Crippen molar-refractivity contribution < 1.29 is 4.79 Å². The topological polar surface area (TPSA) is 71.2 Å². The molecule has 3 aromatic rings. The van der Waals surface area contributed by atoms with Gasteiger partial charge in [-0.3, -0.25) is 4.79 Å². The highest BCUT2D eigenvalue weighted by Gasteiger charge is 2.09. The molecule has 0 atom stereocenters. The van der Waals surface area contributed by atoms with Gasteiger partial charge in [0.1, 0.15) is 0 Å². The number of amides is 1. The normalized spacial score (nSPS) is 10.6. The van der Waals surface area contributed by atoms with Crippen molar-refractivity contribution in [2.45, 2.75) is 0 Å². The summed E-state index contributed by atoms with van der Waals surface area (Å²) in [6, 6.07) is 13.1. The zero-order valence-corrected chi connectivity index (χ0v) is 13.1. The standard InChI is InChI=1S/C16H16N4OS/c1-20(2)12-5-3-4-11(9-12)18-15(21)10-6-7-13-14(8-10)22-16(17)19-13/h3-9H,1-2H3,(H2,17,19)(H,18,21). The summed E-state index contributed by atoms with van der Waals surface area (Å²) in [6.45, 7) is 0. The Morgan fingerprint density at radius 2 is 2.05 bits per heavy atom. The number of rotatable bonds is 3. The summed E-state index contributed by atoms with van der Waals surface area (Å²) >= 11 is 1.38. The smallest absolute Gasteiger partial charge is 0.255 e. The van der Waals surface area contributed by atoms with Crippen molar-refractivity contribution in [3.05, 3.63) is 48.0 Å². The second kappa shape index (κ2) is 5.65. The molecule has 22 heavy (non-hydrogen) atoms. The molecule has 6 heteroatoms. The van der Waals surface area contributed by atoms with Crippen LogP contribution in [0.1, 0.15) is 10.4 Å². The number of nitrogens with one attached hydrogen (secondary N) is 1. The first-order valence-corrected chi connectivity index (χ1v) is 7.59. The van der Waals surface area contributed by atoms with Crippen molar-refractivity contribution in [2.24, 2.45) is 0 Å². The first kappa shape index (κ1) is 14.3. The molecule has 1 heterocycles. The van der Waals surface area contributed by atoms with Crippen LogP contribution in [0.5, 0.6) is 0 Å². The first-order chi connectivity index (χ1) is 10.5. The number of aromatic nitrogens is 1. The summed E-state index contributed by atoms with van der Waals surface area (Å²) in [7, 11) is 3.92. The van der Waals surface area contributed by atoms with E-state index in [0.717, 1.165) is 21.6 Å². The summed E-state index contributed by atoms with van der Waals surface area (Å²) in [4.78, 5) is 18.5. The molecule has 3 N–H and O–H groups in total. The largest absolute Gasteiger partial charge is 0.378 e. The highest BCUT2D eigenvalue weighted by Crippen LogP contribution is 2.25. The van der Waals surface area contributed by atoms with Crippen LogP contribution in [0.15, 0.2) is 42.5 Å². The van der Waals surface area contributed by atoms with E-state index in [1.807, 2.05) is 55.4 Å². The minimum atomic E-state index is -0.148. The fourth-order valence-electron chi connectivity index (χ4n) is 2.15. The molecule has 0 spiro atoms. The Labute approximate surface area is 132 Å². The molecular weight excluding hydrogens is 296 g/mol. The van der Waals surface area contributed by atoms with E-state index < -0.39 is 0 Å². The predicted molar refractivity (Wildman–Crippen MR) is 92.8 cm³/mol. The van der Waals surface area contributed by atoms with Crippen molar-refractivity contribution in [2.75, 3.05) is 30.0 Å². The Morgan fingerprint density at radius 1 is 1.23 bits per heavy atom. The third-order valence-electron chi connectivity index (χ3n) is 3.29. The van der Waals surface area contributed by atoms with Crippen molar-refractivity contribution in [1.29, 1.82) is 0 Å². The average Bonchev–Trinajstić information content (AvgIpc) is 2.86. The lowest BCUT2D eigenvalue weighted by atomic mass is 10.2. The van der Waals surface area contributed by atoms with Gasteiger partial charge in [-0.25, -0.2) is 4.98 Å². The molecule has 0 bridgehead atoms. The van der Waals surface area contributed by atoms with Gasteiger partial charge in [0.05, 0.1) is 10.2 Å². The predicted octanol–water partition coefficient (Wildman–Crippen LogP) is 3.20. The van der Waals surface area contributed by atoms with E-state index in [0.29, 0.717) is 10.7 Å². The Kier molecular flexibility index (Phi) is 3.68. The molecule has 2 aromatic carbocycles. The highest BCUT2D eigenvalue weighted by molar-refractivity contribution is 7.22. The number of hydrogen-bond acceptors (Lipinski definition) is 5. The van der Waals surface area contributed by atoms with Gasteiger partial charge < -0.3 is 16.0 Å². The van der Waals surface area contributed by atoms with Crippen molar-refractivity contribution >= 4 is 44.0 Å². The Balaban J connectivity index is 1.84. The molecular formula is C16H16N4OS. The van der Waals surface area contributed by atoms with Crippen molar-refractivity contribution in [3.63, 3.8) is 0 Å². The molecule has 0 radical (unpaired) electrons. The molecule has 1 amide bonds. The van der Waals surface area contributed by atoms with Crippen LogP contribution in [-0.2, 0) is 0 Å². The fraction of sp³-hybridized carbons (Fsp3) is 0.125. The van der Waals surface area contributed by atoms with Crippen molar-refractivity contribution in [3.8, 4) is 0 Å².